The van der Waals surface area contributed by atoms with Crippen LogP contribution in [-0.2, 0) is 0 Å². The second kappa shape index (κ2) is 9.05. The monoisotopic (exact) mass is 601 g/mol. The van der Waals surface area contributed by atoms with E-state index in [4.69, 9.17) is 18.8 Å². The maximum absolute atomic E-state index is 6.66. The molecule has 0 aliphatic rings. The van der Waals surface area contributed by atoms with Crippen LogP contribution in [0.2, 0.25) is 0 Å². The molecule has 0 aliphatic heterocycles. The van der Waals surface area contributed by atoms with E-state index in [0.717, 1.165) is 87.8 Å². The molecule has 218 valence electrons. The average Bonchev–Trinajstić information content (AvgIpc) is 3.81. The fourth-order valence-corrected chi connectivity index (χ4v) is 7.57. The van der Waals surface area contributed by atoms with Crippen molar-refractivity contribution in [3.05, 3.63) is 140 Å². The third-order valence-corrected chi connectivity index (χ3v) is 9.61. The summed E-state index contributed by atoms with van der Waals surface area (Å²) in [5, 5.41) is 9.88. The lowest BCUT2D eigenvalue weighted by molar-refractivity contribution is 0.670. The number of hydrogen-bond donors (Lipinski definition) is 0. The highest BCUT2D eigenvalue weighted by atomic mass is 16.3. The largest absolute Gasteiger partial charge is 0.455 e. The zero-order valence-electron chi connectivity index (χ0n) is 24.9. The molecule has 5 heteroatoms. The van der Waals surface area contributed by atoms with Crippen LogP contribution < -0.4 is 0 Å². The van der Waals surface area contributed by atoms with Crippen LogP contribution in [0.15, 0.2) is 148 Å². The molecule has 47 heavy (non-hydrogen) atoms. The van der Waals surface area contributed by atoms with E-state index in [-0.39, 0.29) is 0 Å². The molecule has 0 saturated heterocycles. The van der Waals surface area contributed by atoms with Crippen molar-refractivity contribution in [2.75, 3.05) is 0 Å². The third-order valence-electron chi connectivity index (χ3n) is 9.61. The summed E-state index contributed by atoms with van der Waals surface area (Å²) in [7, 11) is 0. The molecule has 11 aromatic rings. The van der Waals surface area contributed by atoms with Crippen LogP contribution in [0.5, 0.6) is 0 Å². The fraction of sp³-hybridized carbons (Fsp3) is 0. The van der Waals surface area contributed by atoms with Crippen LogP contribution in [0, 0.1) is 0 Å². The van der Waals surface area contributed by atoms with Crippen molar-refractivity contribution in [3.8, 4) is 17.2 Å². The minimum Gasteiger partial charge on any atom is -0.455 e. The maximum atomic E-state index is 6.66. The minimum absolute atomic E-state index is 0.596. The molecule has 0 fully saturated rings. The molecule has 5 nitrogen and oxygen atoms in total. The Balaban J connectivity index is 1.25. The quantitative estimate of drug-likeness (QED) is 0.198. The van der Waals surface area contributed by atoms with E-state index in [2.05, 4.69) is 120 Å². The number of nitrogens with zero attached hydrogens (tertiary/aromatic N) is 3. The lowest BCUT2D eigenvalue weighted by Crippen LogP contribution is -2.03. The van der Waals surface area contributed by atoms with Gasteiger partial charge >= 0.3 is 0 Å². The summed E-state index contributed by atoms with van der Waals surface area (Å²) in [5.41, 5.74) is 8.07. The number of benzene rings is 7. The Hall–Kier alpha value is -6.46. The van der Waals surface area contributed by atoms with Crippen LogP contribution in [0.3, 0.4) is 0 Å². The normalized spacial score (nSPS) is 12.3. The second-order valence-corrected chi connectivity index (χ2v) is 12.1. The summed E-state index contributed by atoms with van der Waals surface area (Å²) >= 11 is 0. The van der Waals surface area contributed by atoms with Gasteiger partial charge in [-0.2, -0.15) is 0 Å². The van der Waals surface area contributed by atoms with E-state index < -0.39 is 0 Å². The predicted molar refractivity (Wildman–Crippen MR) is 191 cm³/mol. The first-order valence-electron chi connectivity index (χ1n) is 15.8. The second-order valence-electron chi connectivity index (χ2n) is 12.1. The lowest BCUT2D eigenvalue weighted by Gasteiger charge is -2.12. The zero-order valence-corrected chi connectivity index (χ0v) is 24.9. The highest BCUT2D eigenvalue weighted by Crippen LogP contribution is 2.43. The Bertz CT molecular complexity index is 3090. The summed E-state index contributed by atoms with van der Waals surface area (Å²) < 4.78 is 15.4. The van der Waals surface area contributed by atoms with Crippen LogP contribution in [0.4, 0.5) is 0 Å². The van der Waals surface area contributed by atoms with Gasteiger partial charge in [0.2, 0.25) is 5.95 Å². The Kier molecular flexibility index (Phi) is 4.78. The summed E-state index contributed by atoms with van der Waals surface area (Å²) in [4.78, 5) is 10.6. The van der Waals surface area contributed by atoms with E-state index in [1.54, 1.807) is 0 Å². The number of fused-ring (bicyclic) bond motifs is 13. The Morgan fingerprint density at radius 1 is 0.426 bits per heavy atom. The number of para-hydroxylation sites is 4. The van der Waals surface area contributed by atoms with Gasteiger partial charge in [0, 0.05) is 37.9 Å². The molecule has 4 heterocycles. The van der Waals surface area contributed by atoms with Gasteiger partial charge < -0.3 is 8.83 Å². The molecule has 0 atom stereocenters. The molecule has 0 aliphatic carbocycles. The first kappa shape index (κ1) is 24.8. The summed E-state index contributed by atoms with van der Waals surface area (Å²) in [6.45, 7) is 0. The van der Waals surface area contributed by atoms with Crippen molar-refractivity contribution in [2.45, 2.75) is 0 Å². The van der Waals surface area contributed by atoms with Crippen molar-refractivity contribution in [1.82, 2.24) is 14.5 Å². The molecule has 0 radical (unpaired) electrons. The van der Waals surface area contributed by atoms with Crippen LogP contribution in [0.1, 0.15) is 0 Å². The fourth-order valence-electron chi connectivity index (χ4n) is 7.57. The summed E-state index contributed by atoms with van der Waals surface area (Å²) in [6.07, 6.45) is 0. The number of aromatic nitrogens is 3. The first-order chi connectivity index (χ1) is 23.3. The molecule has 0 N–H and O–H groups in total. The summed E-state index contributed by atoms with van der Waals surface area (Å²) in [6, 6.07) is 48.2. The van der Waals surface area contributed by atoms with Gasteiger partial charge in [0.15, 0.2) is 0 Å². The first-order valence-corrected chi connectivity index (χ1v) is 15.8. The van der Waals surface area contributed by atoms with Gasteiger partial charge in [0.25, 0.3) is 0 Å². The van der Waals surface area contributed by atoms with E-state index in [0.29, 0.717) is 5.95 Å². The molecule has 0 amide bonds. The van der Waals surface area contributed by atoms with Crippen molar-refractivity contribution in [2.24, 2.45) is 0 Å². The standard InChI is InChI=1S/C42H23N3O2/c1-2-11-25-24(10-1)20-23-36-37(25)30-15-9-16-31(40(30)47-36)39-28-13-3-6-17-32(28)43-42(44-39)45-33-18-7-4-14-29(33)38-34(45)22-21-27-26-12-5-8-19-35(26)46-41(27)38/h1-23H. The van der Waals surface area contributed by atoms with Crippen LogP contribution in [-0.4, -0.2) is 14.5 Å². The number of furan rings is 2. The Morgan fingerprint density at radius 3 is 2.11 bits per heavy atom. The molecular formula is C42H23N3O2. The van der Waals surface area contributed by atoms with E-state index in [9.17, 15) is 0 Å². The average molecular weight is 602 g/mol. The van der Waals surface area contributed by atoms with Crippen molar-refractivity contribution >= 4 is 87.4 Å². The molecule has 11 rings (SSSR count). The van der Waals surface area contributed by atoms with Crippen LogP contribution >= 0.6 is 0 Å². The molecule has 4 aromatic heterocycles. The molecule has 7 aromatic carbocycles. The Labute approximate surface area is 266 Å². The third kappa shape index (κ3) is 3.32. The van der Waals surface area contributed by atoms with Gasteiger partial charge in [-0.25, -0.2) is 9.97 Å². The van der Waals surface area contributed by atoms with E-state index in [1.807, 2.05) is 24.3 Å². The van der Waals surface area contributed by atoms with E-state index in [1.165, 1.54) is 10.8 Å². The topological polar surface area (TPSA) is 57.0 Å². The van der Waals surface area contributed by atoms with Crippen molar-refractivity contribution in [3.63, 3.8) is 0 Å². The van der Waals surface area contributed by atoms with E-state index >= 15 is 0 Å². The van der Waals surface area contributed by atoms with Crippen molar-refractivity contribution < 1.29 is 8.83 Å². The van der Waals surface area contributed by atoms with Gasteiger partial charge in [-0.15, -0.1) is 0 Å². The molecule has 0 saturated carbocycles. The van der Waals surface area contributed by atoms with Crippen LogP contribution in [0.25, 0.3) is 105 Å². The van der Waals surface area contributed by atoms with Crippen molar-refractivity contribution in [1.29, 1.82) is 0 Å². The molecule has 0 bridgehead atoms. The number of hydrogen-bond acceptors (Lipinski definition) is 4. The minimum atomic E-state index is 0.596. The highest BCUT2D eigenvalue weighted by molar-refractivity contribution is 6.24. The maximum Gasteiger partial charge on any atom is 0.235 e. The zero-order chi connectivity index (χ0) is 30.6. The lowest BCUT2D eigenvalue weighted by atomic mass is 10.0. The molecular weight excluding hydrogens is 578 g/mol. The SMILES string of the molecule is c1ccc2c(c1)ccc1oc3c(-c4nc(-n5c6ccccc6c6c7oc8ccccc8c7ccc65)nc5ccccc45)cccc3c12. The van der Waals surface area contributed by atoms with Gasteiger partial charge in [-0.3, -0.25) is 4.57 Å². The predicted octanol–water partition coefficient (Wildman–Crippen LogP) is 11.3. The Morgan fingerprint density at radius 2 is 1.17 bits per heavy atom. The van der Waals surface area contributed by atoms with Gasteiger partial charge in [0.1, 0.15) is 22.3 Å². The summed E-state index contributed by atoms with van der Waals surface area (Å²) in [5.74, 6) is 0.596. The highest BCUT2D eigenvalue weighted by Gasteiger charge is 2.22. The number of rotatable bonds is 2. The van der Waals surface area contributed by atoms with Gasteiger partial charge in [-0.05, 0) is 53.2 Å². The van der Waals surface area contributed by atoms with Gasteiger partial charge in [-0.1, -0.05) is 97.1 Å². The smallest absolute Gasteiger partial charge is 0.235 e. The molecule has 0 unspecified atom stereocenters. The van der Waals surface area contributed by atoms with Gasteiger partial charge in [0.05, 0.1) is 27.6 Å². The molecule has 0 spiro atoms.